The fraction of sp³-hybridized carbons (Fsp3) is 0. The fourth-order valence-electron chi connectivity index (χ4n) is 6.14. The number of hydrogen-bond acceptors (Lipinski definition) is 4. The maximum Gasteiger partial charge on any atom is 0.135 e. The standard InChI is InChI=1S/C36H26OP2.C13H9N4.Cu/c1-5-17-29(18-6-1)38(30-19-7-2-8-20-30)35-27-15-13-25-33(35)37-34-26-14-16-28-36(34)39(31-21-9-3-10-22-31)32-23-11-4-12-24-32;1-2-6-10(7-3-1)12-15-13(17-16-12)11-8-4-5-9-14-11;/h1-19,21-23,25-28H;1-9H;/q-2;-1;. The van der Waals surface area contributed by atoms with Crippen LogP contribution in [-0.2, 0) is 17.1 Å². The summed E-state index contributed by atoms with van der Waals surface area (Å²) < 4.78 is 6.89. The second-order valence-corrected chi connectivity index (χ2v) is 16.7. The van der Waals surface area contributed by atoms with Gasteiger partial charge >= 0.3 is 0 Å². The first-order chi connectivity index (χ1) is 27.8. The van der Waals surface area contributed by atoms with E-state index in [0.717, 1.165) is 22.8 Å². The Morgan fingerprint density at radius 2 is 0.947 bits per heavy atom. The van der Waals surface area contributed by atoms with Crippen LogP contribution in [0.1, 0.15) is 0 Å². The molecule has 2 aromatic heterocycles. The zero-order valence-electron chi connectivity index (χ0n) is 30.6. The van der Waals surface area contributed by atoms with Crippen molar-refractivity contribution in [1.29, 1.82) is 0 Å². The van der Waals surface area contributed by atoms with Crippen molar-refractivity contribution in [3.8, 4) is 34.4 Å². The summed E-state index contributed by atoms with van der Waals surface area (Å²) >= 11 is 0. The van der Waals surface area contributed by atoms with E-state index in [0.29, 0.717) is 11.6 Å². The number of para-hydroxylation sites is 2. The van der Waals surface area contributed by atoms with Gasteiger partial charge in [0, 0.05) is 33.9 Å². The molecule has 8 heteroatoms. The van der Waals surface area contributed by atoms with E-state index in [4.69, 9.17) is 4.74 Å². The summed E-state index contributed by atoms with van der Waals surface area (Å²) in [7, 11) is -1.71. The zero-order valence-corrected chi connectivity index (χ0v) is 33.3. The summed E-state index contributed by atoms with van der Waals surface area (Å²) in [5.41, 5.74) is 1.70. The predicted octanol–water partition coefficient (Wildman–Crippen LogP) is 8.76. The molecule has 57 heavy (non-hydrogen) atoms. The van der Waals surface area contributed by atoms with E-state index in [1.165, 1.54) is 31.8 Å². The molecule has 0 fully saturated rings. The van der Waals surface area contributed by atoms with Crippen molar-refractivity contribution in [2.24, 2.45) is 0 Å². The number of ether oxygens (including phenoxy) is 1. The molecule has 5 nitrogen and oxygen atoms in total. The van der Waals surface area contributed by atoms with Crippen molar-refractivity contribution in [1.82, 2.24) is 20.2 Å². The van der Waals surface area contributed by atoms with Gasteiger partial charge in [0.05, 0.1) is 11.5 Å². The molecule has 0 amide bonds. The molecule has 0 bridgehead atoms. The van der Waals surface area contributed by atoms with Crippen LogP contribution < -0.4 is 41.7 Å². The minimum Gasteiger partial charge on any atom is -0.456 e. The van der Waals surface area contributed by atoms with E-state index in [-0.39, 0.29) is 17.1 Å². The number of nitrogens with zero attached hydrogens (tertiary/aromatic N) is 4. The Labute approximate surface area is 346 Å². The molecule has 0 N–H and O–H groups in total. The molecule has 0 aliphatic carbocycles. The van der Waals surface area contributed by atoms with E-state index < -0.39 is 15.8 Å². The minimum absolute atomic E-state index is 0. The first kappa shape index (κ1) is 39.3. The second kappa shape index (κ2) is 19.7. The summed E-state index contributed by atoms with van der Waals surface area (Å²) in [6.07, 6.45) is 1.72. The van der Waals surface area contributed by atoms with Crippen LogP contribution in [0, 0.1) is 12.1 Å². The quantitative estimate of drug-likeness (QED) is 0.0785. The van der Waals surface area contributed by atoms with Gasteiger partial charge in [-0.2, -0.15) is 60.7 Å². The molecule has 281 valence electrons. The van der Waals surface area contributed by atoms with Crippen LogP contribution in [0.15, 0.2) is 212 Å². The van der Waals surface area contributed by atoms with Crippen molar-refractivity contribution < 1.29 is 21.8 Å². The molecule has 0 aliphatic heterocycles. The largest absolute Gasteiger partial charge is 0.456 e. The average Bonchev–Trinajstić information content (AvgIpc) is 3.78. The van der Waals surface area contributed by atoms with Crippen LogP contribution in [0.3, 0.4) is 0 Å². The molecule has 0 aliphatic rings. The molecule has 9 rings (SSSR count). The van der Waals surface area contributed by atoms with Crippen molar-refractivity contribution in [2.45, 2.75) is 0 Å². The third-order valence-corrected chi connectivity index (χ3v) is 13.6. The maximum absolute atomic E-state index is 6.89. The van der Waals surface area contributed by atoms with Gasteiger partial charge in [-0.25, -0.2) is 0 Å². The monoisotopic (exact) mass is 820 g/mol. The molecule has 0 spiro atoms. The summed E-state index contributed by atoms with van der Waals surface area (Å²) in [5, 5.41) is 15.3. The van der Waals surface area contributed by atoms with Crippen LogP contribution >= 0.6 is 15.8 Å². The Bertz CT molecular complexity index is 2310. The summed E-state index contributed by atoms with van der Waals surface area (Å²) in [4.78, 5) is 8.56. The third kappa shape index (κ3) is 9.70. The molecule has 2 atom stereocenters. The molecule has 2 unspecified atom stereocenters. The average molecular weight is 821 g/mol. The molecule has 0 saturated carbocycles. The van der Waals surface area contributed by atoms with E-state index in [2.05, 4.69) is 166 Å². The summed E-state index contributed by atoms with van der Waals surface area (Å²) in [6, 6.07) is 77.2. The molecule has 0 saturated heterocycles. The SMILES string of the molecule is [Cu].[c-]1ccccc1P(c1ccccc1)c1ccccc1Oc1ccccc1P(c1[c-]cccc1)c1ccccc1.c1ccc(-c2n[n-]c(-c3ccccn3)n2)cc1. The third-order valence-electron chi connectivity index (χ3n) is 8.71. The molecule has 9 aromatic rings. The predicted molar refractivity (Wildman–Crippen MR) is 232 cm³/mol. The first-order valence-corrected chi connectivity index (χ1v) is 20.8. The number of pyridine rings is 1. The van der Waals surface area contributed by atoms with Gasteiger partial charge in [0.2, 0.25) is 0 Å². The minimum atomic E-state index is -0.857. The van der Waals surface area contributed by atoms with Crippen LogP contribution in [0.4, 0.5) is 0 Å². The Hall–Kier alpha value is -5.99. The van der Waals surface area contributed by atoms with E-state index in [1.54, 1.807) is 6.20 Å². The molecule has 2 heterocycles. The van der Waals surface area contributed by atoms with Crippen molar-refractivity contribution in [2.75, 3.05) is 0 Å². The zero-order chi connectivity index (χ0) is 37.8. The van der Waals surface area contributed by atoms with E-state index in [9.17, 15) is 0 Å². The Morgan fingerprint density at radius 3 is 1.44 bits per heavy atom. The van der Waals surface area contributed by atoms with Crippen LogP contribution in [0.2, 0.25) is 0 Å². The van der Waals surface area contributed by atoms with Crippen LogP contribution in [0.25, 0.3) is 22.9 Å². The Balaban J connectivity index is 0.000000230. The summed E-state index contributed by atoms with van der Waals surface area (Å²) in [6.45, 7) is 0. The van der Waals surface area contributed by atoms with Gasteiger partial charge in [0.25, 0.3) is 0 Å². The van der Waals surface area contributed by atoms with Gasteiger partial charge in [-0.15, -0.1) is 10.6 Å². The van der Waals surface area contributed by atoms with Gasteiger partial charge in [0.1, 0.15) is 11.5 Å². The number of benzene rings is 7. The van der Waals surface area contributed by atoms with Crippen molar-refractivity contribution in [3.05, 3.63) is 225 Å². The van der Waals surface area contributed by atoms with Crippen molar-refractivity contribution in [3.63, 3.8) is 0 Å². The number of aromatic nitrogens is 4. The topological polar surface area (TPSA) is 62.0 Å². The van der Waals surface area contributed by atoms with Crippen LogP contribution in [-0.4, -0.2) is 15.1 Å². The molecule has 1 radical (unpaired) electrons. The fourth-order valence-corrected chi connectivity index (χ4v) is 10.7. The van der Waals surface area contributed by atoms with Crippen molar-refractivity contribution >= 4 is 47.7 Å². The van der Waals surface area contributed by atoms with E-state index >= 15 is 0 Å². The summed E-state index contributed by atoms with van der Waals surface area (Å²) in [5.74, 6) is 2.94. The van der Waals surface area contributed by atoms with Gasteiger partial charge < -0.3 is 14.8 Å². The normalized spacial score (nSPS) is 11.6. The molecule has 7 aromatic carbocycles. The first-order valence-electron chi connectivity index (χ1n) is 18.2. The Kier molecular flexibility index (Phi) is 13.6. The van der Waals surface area contributed by atoms with Crippen LogP contribution in [0.5, 0.6) is 11.5 Å². The number of hydrogen-bond donors (Lipinski definition) is 0. The smallest absolute Gasteiger partial charge is 0.135 e. The molecular formula is C49H35CuN4OP2-3. The van der Waals surface area contributed by atoms with Gasteiger partial charge in [-0.1, -0.05) is 133 Å². The number of rotatable bonds is 10. The molecular weight excluding hydrogens is 786 g/mol. The van der Waals surface area contributed by atoms with Gasteiger partial charge in [-0.05, 0) is 62.1 Å². The maximum atomic E-state index is 6.89. The Morgan fingerprint density at radius 1 is 0.474 bits per heavy atom. The second-order valence-electron chi connectivity index (χ2n) is 12.4. The van der Waals surface area contributed by atoms with Gasteiger partial charge in [-0.3, -0.25) is 10.1 Å². The van der Waals surface area contributed by atoms with Gasteiger partial charge in [0.15, 0.2) is 0 Å². The van der Waals surface area contributed by atoms with E-state index in [1.807, 2.05) is 72.8 Å².